The zero-order chi connectivity index (χ0) is 20.4. The highest BCUT2D eigenvalue weighted by Gasteiger charge is 2.11. The largest absolute Gasteiger partial charge is 0.497 e. The number of nitrogens with zero attached hydrogens (tertiary/aromatic N) is 3. The summed E-state index contributed by atoms with van der Waals surface area (Å²) in [6.45, 7) is 2.89. The Kier molecular flexibility index (Phi) is 5.27. The van der Waals surface area contributed by atoms with Crippen LogP contribution in [-0.4, -0.2) is 27.9 Å². The van der Waals surface area contributed by atoms with Crippen LogP contribution in [0.15, 0.2) is 65.7 Å². The molecule has 2 aromatic heterocycles. The fourth-order valence-electron chi connectivity index (χ4n) is 3.19. The maximum Gasteiger partial charge on any atom is 0.276 e. The molecular formula is C22H20ClN3O3. The van der Waals surface area contributed by atoms with Crippen molar-refractivity contribution in [3.8, 4) is 22.8 Å². The Balaban J connectivity index is 1.69. The monoisotopic (exact) mass is 409 g/mol. The highest BCUT2D eigenvalue weighted by Crippen LogP contribution is 2.30. The predicted molar refractivity (Wildman–Crippen MR) is 113 cm³/mol. The molecule has 148 valence electrons. The van der Waals surface area contributed by atoms with Crippen molar-refractivity contribution in [3.05, 3.63) is 81.9 Å². The Bertz CT molecular complexity index is 1230. The quantitative estimate of drug-likeness (QED) is 0.477. The third kappa shape index (κ3) is 3.84. The lowest BCUT2D eigenvalue weighted by Gasteiger charge is -2.07. The minimum atomic E-state index is -0.119. The van der Waals surface area contributed by atoms with E-state index < -0.39 is 0 Å². The first-order valence-electron chi connectivity index (χ1n) is 9.23. The summed E-state index contributed by atoms with van der Waals surface area (Å²) in [7, 11) is 1.62. The zero-order valence-electron chi connectivity index (χ0n) is 16.1. The first kappa shape index (κ1) is 19.1. The van der Waals surface area contributed by atoms with Crippen LogP contribution in [-0.2, 0) is 6.54 Å². The maximum absolute atomic E-state index is 13.0. The van der Waals surface area contributed by atoms with E-state index in [-0.39, 0.29) is 5.56 Å². The molecule has 2 aromatic carbocycles. The first-order chi connectivity index (χ1) is 14.1. The van der Waals surface area contributed by atoms with Gasteiger partial charge in [0.2, 0.25) is 0 Å². The fraction of sp³-hybridized carbons (Fsp3) is 0.182. The van der Waals surface area contributed by atoms with Crippen LogP contribution >= 0.6 is 11.6 Å². The second-order valence-corrected chi connectivity index (χ2v) is 6.93. The van der Waals surface area contributed by atoms with Crippen molar-refractivity contribution in [2.45, 2.75) is 13.5 Å². The van der Waals surface area contributed by atoms with Gasteiger partial charge in [-0.2, -0.15) is 5.10 Å². The lowest BCUT2D eigenvalue weighted by atomic mass is 10.1. The molecule has 0 N–H and O–H groups in total. The molecule has 0 saturated carbocycles. The zero-order valence-corrected chi connectivity index (χ0v) is 16.9. The second kappa shape index (κ2) is 8.01. The second-order valence-electron chi connectivity index (χ2n) is 6.52. The van der Waals surface area contributed by atoms with Gasteiger partial charge in [-0.05, 0) is 48.9 Å². The highest BCUT2D eigenvalue weighted by molar-refractivity contribution is 6.32. The van der Waals surface area contributed by atoms with Crippen molar-refractivity contribution < 1.29 is 9.47 Å². The number of methoxy groups -OCH3 is 1. The molecule has 0 aliphatic heterocycles. The van der Waals surface area contributed by atoms with Crippen LogP contribution in [0.4, 0.5) is 0 Å². The van der Waals surface area contributed by atoms with E-state index in [4.69, 9.17) is 21.1 Å². The van der Waals surface area contributed by atoms with Crippen LogP contribution < -0.4 is 15.0 Å². The van der Waals surface area contributed by atoms with Gasteiger partial charge in [-0.25, -0.2) is 4.52 Å². The van der Waals surface area contributed by atoms with Crippen LogP contribution in [0.5, 0.6) is 11.5 Å². The Morgan fingerprint density at radius 2 is 1.97 bits per heavy atom. The minimum absolute atomic E-state index is 0.119. The Labute approximate surface area is 172 Å². The van der Waals surface area contributed by atoms with E-state index in [9.17, 15) is 4.79 Å². The molecular weight excluding hydrogens is 390 g/mol. The number of aromatic nitrogens is 3. The molecule has 0 atom stereocenters. The molecule has 2 heterocycles. The van der Waals surface area contributed by atoms with E-state index in [2.05, 4.69) is 5.10 Å². The van der Waals surface area contributed by atoms with Crippen molar-refractivity contribution in [2.75, 3.05) is 13.7 Å². The van der Waals surface area contributed by atoms with Gasteiger partial charge in [-0.3, -0.25) is 4.79 Å². The smallest absolute Gasteiger partial charge is 0.276 e. The topological polar surface area (TPSA) is 57.8 Å². The molecule has 4 aromatic rings. The van der Waals surface area contributed by atoms with Gasteiger partial charge in [0.25, 0.3) is 5.56 Å². The molecule has 0 aliphatic rings. The fourth-order valence-corrected chi connectivity index (χ4v) is 3.43. The Hall–Kier alpha value is -3.25. The molecule has 29 heavy (non-hydrogen) atoms. The van der Waals surface area contributed by atoms with E-state index >= 15 is 0 Å². The van der Waals surface area contributed by atoms with Gasteiger partial charge in [-0.15, -0.1) is 0 Å². The van der Waals surface area contributed by atoms with Gasteiger partial charge < -0.3 is 14.0 Å². The van der Waals surface area contributed by atoms with Crippen molar-refractivity contribution in [1.82, 2.24) is 14.2 Å². The lowest BCUT2D eigenvalue weighted by molar-refractivity contribution is 0.340. The standard InChI is InChI=1S/C22H20ClN3O3/c1-3-29-21-8-7-16(12-18(21)23)19-13-20-22(27)25(9-10-26(20)24-19)14-15-5-4-6-17(11-15)28-2/h4-13H,3,14H2,1-2H3. The number of benzene rings is 2. The van der Waals surface area contributed by atoms with Crippen LogP contribution in [0.3, 0.4) is 0 Å². The molecule has 6 nitrogen and oxygen atoms in total. The maximum atomic E-state index is 13.0. The van der Waals surface area contributed by atoms with Crippen LogP contribution in [0.1, 0.15) is 12.5 Å². The number of rotatable bonds is 6. The molecule has 0 bridgehead atoms. The van der Waals surface area contributed by atoms with Crippen molar-refractivity contribution in [3.63, 3.8) is 0 Å². The van der Waals surface area contributed by atoms with Gasteiger partial charge in [0.15, 0.2) is 0 Å². The third-order valence-corrected chi connectivity index (χ3v) is 4.91. The Morgan fingerprint density at radius 1 is 1.10 bits per heavy atom. The summed E-state index contributed by atoms with van der Waals surface area (Å²) in [6.07, 6.45) is 3.51. The molecule has 0 radical (unpaired) electrons. The summed E-state index contributed by atoms with van der Waals surface area (Å²) in [5.74, 6) is 1.39. The van der Waals surface area contributed by atoms with Gasteiger partial charge in [0.05, 0.1) is 31.0 Å². The van der Waals surface area contributed by atoms with E-state index in [0.29, 0.717) is 35.1 Å². The molecule has 7 heteroatoms. The number of hydrogen-bond acceptors (Lipinski definition) is 4. The third-order valence-electron chi connectivity index (χ3n) is 4.62. The molecule has 0 spiro atoms. The summed E-state index contributed by atoms with van der Waals surface area (Å²) < 4.78 is 14.0. The predicted octanol–water partition coefficient (Wildman–Crippen LogP) is 4.27. The number of fused-ring (bicyclic) bond motifs is 1. The van der Waals surface area contributed by atoms with E-state index in [1.54, 1.807) is 40.7 Å². The average Bonchev–Trinajstić information content (AvgIpc) is 3.17. The molecule has 0 amide bonds. The van der Waals surface area contributed by atoms with Crippen molar-refractivity contribution >= 4 is 17.1 Å². The summed E-state index contributed by atoms with van der Waals surface area (Å²) >= 11 is 6.29. The van der Waals surface area contributed by atoms with E-state index in [1.807, 2.05) is 43.3 Å². The average molecular weight is 410 g/mol. The molecule has 0 saturated heterocycles. The summed E-state index contributed by atoms with van der Waals surface area (Å²) in [4.78, 5) is 13.0. The Morgan fingerprint density at radius 3 is 2.72 bits per heavy atom. The molecule has 0 unspecified atom stereocenters. The van der Waals surface area contributed by atoms with Crippen LogP contribution in [0, 0.1) is 0 Å². The lowest BCUT2D eigenvalue weighted by Crippen LogP contribution is -2.21. The SMILES string of the molecule is CCOc1ccc(-c2cc3c(=O)n(Cc4cccc(OC)c4)ccn3n2)cc1Cl. The number of hydrogen-bond donors (Lipinski definition) is 0. The number of ether oxygens (including phenoxy) is 2. The molecule has 0 fully saturated rings. The highest BCUT2D eigenvalue weighted by atomic mass is 35.5. The van der Waals surface area contributed by atoms with Gasteiger partial charge in [0, 0.05) is 18.0 Å². The van der Waals surface area contributed by atoms with Crippen molar-refractivity contribution in [1.29, 1.82) is 0 Å². The first-order valence-corrected chi connectivity index (χ1v) is 9.61. The number of halogens is 1. The van der Waals surface area contributed by atoms with Gasteiger partial charge >= 0.3 is 0 Å². The van der Waals surface area contributed by atoms with E-state index in [1.165, 1.54) is 0 Å². The molecule has 0 aliphatic carbocycles. The summed E-state index contributed by atoms with van der Waals surface area (Å²) in [5.41, 5.74) is 2.85. The normalized spacial score (nSPS) is 11.0. The van der Waals surface area contributed by atoms with Crippen LogP contribution in [0.25, 0.3) is 16.8 Å². The van der Waals surface area contributed by atoms with Gasteiger partial charge in [-0.1, -0.05) is 23.7 Å². The van der Waals surface area contributed by atoms with E-state index in [0.717, 1.165) is 16.9 Å². The molecule has 4 rings (SSSR count). The minimum Gasteiger partial charge on any atom is -0.497 e. The van der Waals surface area contributed by atoms with Crippen molar-refractivity contribution in [2.24, 2.45) is 0 Å². The summed E-state index contributed by atoms with van der Waals surface area (Å²) in [5, 5.41) is 5.03. The summed E-state index contributed by atoms with van der Waals surface area (Å²) in [6, 6.07) is 14.9. The van der Waals surface area contributed by atoms with Crippen LogP contribution in [0.2, 0.25) is 5.02 Å². The van der Waals surface area contributed by atoms with Gasteiger partial charge in [0.1, 0.15) is 17.0 Å².